The van der Waals surface area contributed by atoms with E-state index in [4.69, 9.17) is 0 Å². The SMILES string of the molecule is CCCCCCCCCCCCCC[P+](CCCCCC)(CCCCCC)CCCCCCCCCCCCCC. The molecule has 0 saturated carbocycles. The van der Waals surface area contributed by atoms with Crippen molar-refractivity contribution in [1.29, 1.82) is 0 Å². The van der Waals surface area contributed by atoms with Crippen molar-refractivity contribution in [2.45, 2.75) is 233 Å². The minimum Gasteiger partial charge on any atom is -0.0654 e. The van der Waals surface area contributed by atoms with Gasteiger partial charge in [-0.3, -0.25) is 0 Å². The lowest BCUT2D eigenvalue weighted by Gasteiger charge is -2.28. The van der Waals surface area contributed by atoms with E-state index in [0.717, 1.165) is 0 Å². The Hall–Kier alpha value is 0.430. The summed E-state index contributed by atoms with van der Waals surface area (Å²) in [6, 6.07) is 0. The molecule has 0 spiro atoms. The van der Waals surface area contributed by atoms with Crippen molar-refractivity contribution in [2.75, 3.05) is 24.6 Å². The van der Waals surface area contributed by atoms with Gasteiger partial charge < -0.3 is 0 Å². The third-order valence-electron chi connectivity index (χ3n) is 9.94. The lowest BCUT2D eigenvalue weighted by molar-refractivity contribution is 0.547. The zero-order valence-corrected chi connectivity index (χ0v) is 30.8. The summed E-state index contributed by atoms with van der Waals surface area (Å²) in [6.45, 7) is 9.41. The highest BCUT2D eigenvalue weighted by molar-refractivity contribution is 7.75. The first-order valence-electron chi connectivity index (χ1n) is 20.1. The minimum atomic E-state index is -0.736. The molecule has 0 N–H and O–H groups in total. The zero-order valence-electron chi connectivity index (χ0n) is 29.9. The van der Waals surface area contributed by atoms with Crippen LogP contribution < -0.4 is 0 Å². The highest BCUT2D eigenvalue weighted by Gasteiger charge is 2.34. The van der Waals surface area contributed by atoms with Gasteiger partial charge in [0.15, 0.2) is 0 Å². The molecule has 0 rings (SSSR count). The van der Waals surface area contributed by atoms with Gasteiger partial charge in [0.2, 0.25) is 0 Å². The van der Waals surface area contributed by atoms with Crippen LogP contribution in [0, 0.1) is 0 Å². The van der Waals surface area contributed by atoms with Crippen LogP contribution in [0.15, 0.2) is 0 Å². The summed E-state index contributed by atoms with van der Waals surface area (Å²) in [4.78, 5) is 0. The number of hydrogen-bond acceptors (Lipinski definition) is 0. The van der Waals surface area contributed by atoms with Gasteiger partial charge in [-0.25, -0.2) is 0 Å². The van der Waals surface area contributed by atoms with E-state index in [1.807, 2.05) is 0 Å². The third-order valence-corrected chi connectivity index (χ3v) is 15.0. The maximum Gasteiger partial charge on any atom is 0.0594 e. The molecule has 0 nitrogen and oxygen atoms in total. The molecule has 0 aliphatic rings. The standard InChI is InChI=1S/C40H84P/c1-5-9-13-17-19-21-23-25-27-29-31-35-39-41(37-33-15-11-7-3,38-34-16-12-8-4)40-36-32-30-28-26-24-22-20-18-14-10-6-2/h5-40H2,1-4H3/q+1. The largest absolute Gasteiger partial charge is 0.0654 e. The van der Waals surface area contributed by atoms with Crippen LogP contribution in [-0.2, 0) is 0 Å². The number of hydrogen-bond donors (Lipinski definition) is 0. The molecule has 0 aliphatic heterocycles. The summed E-state index contributed by atoms with van der Waals surface area (Å²) < 4.78 is 0. The first-order chi connectivity index (χ1) is 20.2. The maximum atomic E-state index is 2.38. The highest BCUT2D eigenvalue weighted by atomic mass is 31.2. The predicted molar refractivity (Wildman–Crippen MR) is 197 cm³/mol. The van der Waals surface area contributed by atoms with Gasteiger partial charge >= 0.3 is 0 Å². The summed E-state index contributed by atoms with van der Waals surface area (Å²) in [5, 5.41) is 0. The Kier molecular flexibility index (Phi) is 35.3. The molecule has 0 bridgehead atoms. The second-order valence-electron chi connectivity index (χ2n) is 14.1. The van der Waals surface area contributed by atoms with E-state index < -0.39 is 7.26 Å². The molecule has 0 heterocycles. The number of unbranched alkanes of at least 4 members (excludes halogenated alkanes) is 28. The van der Waals surface area contributed by atoms with Crippen molar-refractivity contribution < 1.29 is 0 Å². The van der Waals surface area contributed by atoms with Crippen LogP contribution in [0.5, 0.6) is 0 Å². The van der Waals surface area contributed by atoms with Crippen molar-refractivity contribution in [3.63, 3.8) is 0 Å². The molecule has 0 aromatic heterocycles. The molecule has 0 atom stereocenters. The Morgan fingerprint density at radius 1 is 0.195 bits per heavy atom. The van der Waals surface area contributed by atoms with Gasteiger partial charge in [0.25, 0.3) is 0 Å². The van der Waals surface area contributed by atoms with Crippen LogP contribution in [0.25, 0.3) is 0 Å². The average Bonchev–Trinajstić information content (AvgIpc) is 2.98. The fraction of sp³-hybridized carbons (Fsp3) is 1.00. The number of rotatable bonds is 36. The highest BCUT2D eigenvalue weighted by Crippen LogP contribution is 2.61. The molecular formula is C40H84P+. The van der Waals surface area contributed by atoms with E-state index in [1.165, 1.54) is 180 Å². The Morgan fingerprint density at radius 2 is 0.341 bits per heavy atom. The van der Waals surface area contributed by atoms with Gasteiger partial charge in [0.1, 0.15) is 0 Å². The van der Waals surface area contributed by atoms with Gasteiger partial charge in [-0.2, -0.15) is 0 Å². The predicted octanol–water partition coefficient (Wildman–Crippen LogP) is 15.6. The molecule has 0 fully saturated rings. The van der Waals surface area contributed by atoms with Crippen molar-refractivity contribution in [1.82, 2.24) is 0 Å². The van der Waals surface area contributed by atoms with E-state index >= 15 is 0 Å². The van der Waals surface area contributed by atoms with Crippen LogP contribution in [0.4, 0.5) is 0 Å². The summed E-state index contributed by atoms with van der Waals surface area (Å²) in [7, 11) is -0.736. The van der Waals surface area contributed by atoms with E-state index in [0.29, 0.717) is 0 Å². The Labute approximate surface area is 264 Å². The summed E-state index contributed by atoms with van der Waals surface area (Å²) in [5.41, 5.74) is 0. The topological polar surface area (TPSA) is 0 Å². The molecule has 248 valence electrons. The fourth-order valence-electron chi connectivity index (χ4n) is 7.00. The molecule has 0 amide bonds. The average molecular weight is 596 g/mol. The quantitative estimate of drug-likeness (QED) is 0.0499. The summed E-state index contributed by atoms with van der Waals surface area (Å²) in [6.07, 6.45) is 54.1. The first-order valence-corrected chi connectivity index (χ1v) is 22.6. The molecule has 0 aromatic carbocycles. The van der Waals surface area contributed by atoms with E-state index in [1.54, 1.807) is 50.3 Å². The molecule has 0 saturated heterocycles. The Bertz CT molecular complexity index is 416. The molecule has 1 heteroatoms. The summed E-state index contributed by atoms with van der Waals surface area (Å²) >= 11 is 0. The van der Waals surface area contributed by atoms with Crippen LogP contribution in [-0.4, -0.2) is 24.6 Å². The van der Waals surface area contributed by atoms with Crippen molar-refractivity contribution >= 4 is 7.26 Å². The van der Waals surface area contributed by atoms with Crippen molar-refractivity contribution in [3.05, 3.63) is 0 Å². The third kappa shape index (κ3) is 30.2. The molecule has 0 unspecified atom stereocenters. The van der Waals surface area contributed by atoms with Gasteiger partial charge in [0.05, 0.1) is 24.6 Å². The monoisotopic (exact) mass is 596 g/mol. The van der Waals surface area contributed by atoms with E-state index in [2.05, 4.69) is 27.7 Å². The molecular weight excluding hydrogens is 511 g/mol. The van der Waals surface area contributed by atoms with Crippen molar-refractivity contribution in [3.8, 4) is 0 Å². The van der Waals surface area contributed by atoms with Crippen LogP contribution in [0.1, 0.15) is 233 Å². The Morgan fingerprint density at radius 3 is 0.537 bits per heavy atom. The van der Waals surface area contributed by atoms with Gasteiger partial charge in [0, 0.05) is 7.26 Å². The van der Waals surface area contributed by atoms with Gasteiger partial charge in [-0.15, -0.1) is 0 Å². The Balaban J connectivity index is 4.41. The molecule has 0 aromatic rings. The smallest absolute Gasteiger partial charge is 0.0594 e. The van der Waals surface area contributed by atoms with Crippen molar-refractivity contribution in [2.24, 2.45) is 0 Å². The van der Waals surface area contributed by atoms with Gasteiger partial charge in [-0.05, 0) is 51.4 Å². The lowest BCUT2D eigenvalue weighted by atomic mass is 10.1. The second-order valence-corrected chi connectivity index (χ2v) is 18.6. The van der Waals surface area contributed by atoms with E-state index in [9.17, 15) is 0 Å². The fourth-order valence-corrected chi connectivity index (χ4v) is 11.9. The first kappa shape index (κ1) is 41.4. The van der Waals surface area contributed by atoms with Crippen LogP contribution in [0.2, 0.25) is 0 Å². The minimum absolute atomic E-state index is 0.736. The normalized spacial score (nSPS) is 12.0. The van der Waals surface area contributed by atoms with E-state index in [-0.39, 0.29) is 0 Å². The molecule has 41 heavy (non-hydrogen) atoms. The molecule has 0 aliphatic carbocycles. The van der Waals surface area contributed by atoms with Crippen LogP contribution >= 0.6 is 7.26 Å². The zero-order chi connectivity index (χ0) is 30.0. The summed E-state index contributed by atoms with van der Waals surface area (Å²) in [5.74, 6) is 0. The van der Waals surface area contributed by atoms with Crippen LogP contribution in [0.3, 0.4) is 0 Å². The second kappa shape index (κ2) is 34.9. The van der Waals surface area contributed by atoms with Gasteiger partial charge in [-0.1, -0.05) is 182 Å². The maximum absolute atomic E-state index is 2.38. The molecule has 0 radical (unpaired) electrons. The lowest BCUT2D eigenvalue weighted by Crippen LogP contribution is -2.13.